The molecule has 1 aliphatic rings. The van der Waals surface area contributed by atoms with Crippen LogP contribution in [0.15, 0.2) is 6.20 Å². The second-order valence-electron chi connectivity index (χ2n) is 4.75. The molecule has 6 heteroatoms. The predicted molar refractivity (Wildman–Crippen MR) is 71.1 cm³/mol. The molecule has 1 aromatic rings. The van der Waals surface area contributed by atoms with Crippen molar-refractivity contribution < 1.29 is 9.53 Å². The van der Waals surface area contributed by atoms with Crippen molar-refractivity contribution in [3.63, 3.8) is 0 Å². The Bertz CT molecular complexity index is 417. The summed E-state index contributed by atoms with van der Waals surface area (Å²) >= 11 is 1.51. The quantitative estimate of drug-likeness (QED) is 0.793. The van der Waals surface area contributed by atoms with Crippen molar-refractivity contribution >= 4 is 22.4 Å². The molecular weight excluding hydrogens is 250 g/mol. The van der Waals surface area contributed by atoms with Gasteiger partial charge in [0.1, 0.15) is 0 Å². The summed E-state index contributed by atoms with van der Waals surface area (Å²) in [6.07, 6.45) is 4.24. The highest BCUT2D eigenvalue weighted by Gasteiger charge is 2.31. The van der Waals surface area contributed by atoms with Gasteiger partial charge in [0.05, 0.1) is 13.0 Å². The first-order chi connectivity index (χ1) is 8.60. The SMILES string of the molecule is COC(=O)C(C)CN(Cc1cnc(N)s1)C1CC1. The van der Waals surface area contributed by atoms with Gasteiger partial charge in [0.15, 0.2) is 5.13 Å². The fourth-order valence-corrected chi connectivity index (χ4v) is 2.72. The van der Waals surface area contributed by atoms with Crippen LogP contribution in [-0.4, -0.2) is 35.5 Å². The van der Waals surface area contributed by atoms with Crippen molar-refractivity contribution in [3.8, 4) is 0 Å². The fourth-order valence-electron chi connectivity index (χ4n) is 2.01. The maximum atomic E-state index is 11.5. The standard InChI is InChI=1S/C12H19N3O2S/c1-8(11(16)17-2)6-15(9-3-4-9)7-10-5-14-12(13)18-10/h5,8-9H,3-4,6-7H2,1-2H3,(H2,13,14). The van der Waals surface area contributed by atoms with E-state index in [1.54, 1.807) is 0 Å². The largest absolute Gasteiger partial charge is 0.469 e. The van der Waals surface area contributed by atoms with Crippen molar-refractivity contribution in [1.82, 2.24) is 9.88 Å². The van der Waals surface area contributed by atoms with Gasteiger partial charge >= 0.3 is 5.97 Å². The van der Waals surface area contributed by atoms with Gasteiger partial charge in [-0.05, 0) is 12.8 Å². The Balaban J connectivity index is 1.94. The number of hydrogen-bond acceptors (Lipinski definition) is 6. The van der Waals surface area contributed by atoms with Crippen LogP contribution in [-0.2, 0) is 16.1 Å². The smallest absolute Gasteiger partial charge is 0.309 e. The normalized spacial score (nSPS) is 16.8. The van der Waals surface area contributed by atoms with Gasteiger partial charge in [-0.2, -0.15) is 0 Å². The first kappa shape index (κ1) is 13.3. The summed E-state index contributed by atoms with van der Waals surface area (Å²) in [5, 5.41) is 0.599. The molecule has 2 rings (SSSR count). The molecule has 0 radical (unpaired) electrons. The number of methoxy groups -OCH3 is 1. The van der Waals surface area contributed by atoms with E-state index in [-0.39, 0.29) is 11.9 Å². The number of esters is 1. The molecule has 1 atom stereocenters. The lowest BCUT2D eigenvalue weighted by Gasteiger charge is -2.23. The summed E-state index contributed by atoms with van der Waals surface area (Å²) in [4.78, 5) is 19.0. The molecule has 2 N–H and O–H groups in total. The number of anilines is 1. The van der Waals surface area contributed by atoms with Crippen LogP contribution in [0.2, 0.25) is 0 Å². The molecule has 0 spiro atoms. The molecule has 0 aromatic carbocycles. The van der Waals surface area contributed by atoms with Crippen LogP contribution < -0.4 is 5.73 Å². The van der Waals surface area contributed by atoms with Gasteiger partial charge in [-0.25, -0.2) is 4.98 Å². The van der Waals surface area contributed by atoms with E-state index in [9.17, 15) is 4.79 Å². The molecule has 0 amide bonds. The Morgan fingerprint density at radius 2 is 2.44 bits per heavy atom. The molecule has 18 heavy (non-hydrogen) atoms. The zero-order valence-corrected chi connectivity index (χ0v) is 11.6. The highest BCUT2D eigenvalue weighted by Crippen LogP contribution is 2.30. The van der Waals surface area contributed by atoms with E-state index in [1.165, 1.54) is 31.3 Å². The Morgan fingerprint density at radius 1 is 1.72 bits per heavy atom. The van der Waals surface area contributed by atoms with Crippen LogP contribution in [0.1, 0.15) is 24.6 Å². The van der Waals surface area contributed by atoms with E-state index in [0.29, 0.717) is 11.2 Å². The topological polar surface area (TPSA) is 68.5 Å². The minimum absolute atomic E-state index is 0.0964. The molecule has 1 aliphatic carbocycles. The number of nitrogen functional groups attached to an aromatic ring is 1. The third-order valence-corrected chi connectivity index (χ3v) is 3.92. The van der Waals surface area contributed by atoms with Gasteiger partial charge in [-0.3, -0.25) is 9.69 Å². The van der Waals surface area contributed by atoms with Crippen molar-refractivity contribution in [1.29, 1.82) is 0 Å². The summed E-state index contributed by atoms with van der Waals surface area (Å²) in [6, 6.07) is 0.598. The van der Waals surface area contributed by atoms with Gasteiger partial charge in [-0.15, -0.1) is 11.3 Å². The molecule has 1 saturated carbocycles. The molecule has 0 bridgehead atoms. The van der Waals surface area contributed by atoms with Crippen LogP contribution >= 0.6 is 11.3 Å². The molecule has 1 fully saturated rings. The van der Waals surface area contributed by atoms with E-state index in [0.717, 1.165) is 18.0 Å². The van der Waals surface area contributed by atoms with Crippen LogP contribution in [0, 0.1) is 5.92 Å². The van der Waals surface area contributed by atoms with Crippen LogP contribution in [0.5, 0.6) is 0 Å². The third-order valence-electron chi connectivity index (χ3n) is 3.11. The molecule has 1 aromatic heterocycles. The minimum Gasteiger partial charge on any atom is -0.469 e. The monoisotopic (exact) mass is 269 g/mol. The van der Waals surface area contributed by atoms with E-state index < -0.39 is 0 Å². The third kappa shape index (κ3) is 3.43. The summed E-state index contributed by atoms with van der Waals surface area (Å²) in [7, 11) is 1.43. The van der Waals surface area contributed by atoms with Crippen molar-refractivity contribution in [2.75, 3.05) is 19.4 Å². The zero-order valence-electron chi connectivity index (χ0n) is 10.8. The van der Waals surface area contributed by atoms with E-state index in [2.05, 4.69) is 9.88 Å². The first-order valence-electron chi connectivity index (χ1n) is 6.12. The van der Waals surface area contributed by atoms with Gasteiger partial charge in [0, 0.05) is 30.2 Å². The maximum absolute atomic E-state index is 11.5. The molecule has 1 heterocycles. The zero-order chi connectivity index (χ0) is 13.1. The van der Waals surface area contributed by atoms with Gasteiger partial charge in [0.25, 0.3) is 0 Å². The van der Waals surface area contributed by atoms with Crippen molar-refractivity contribution in [3.05, 3.63) is 11.1 Å². The maximum Gasteiger partial charge on any atom is 0.309 e. The lowest BCUT2D eigenvalue weighted by Crippen LogP contribution is -2.33. The van der Waals surface area contributed by atoms with Gasteiger partial charge < -0.3 is 10.5 Å². The fraction of sp³-hybridized carbons (Fsp3) is 0.667. The van der Waals surface area contributed by atoms with Crippen LogP contribution in [0.25, 0.3) is 0 Å². The van der Waals surface area contributed by atoms with E-state index in [1.807, 2.05) is 13.1 Å². The Kier molecular flexibility index (Phi) is 4.19. The van der Waals surface area contributed by atoms with Gasteiger partial charge in [-0.1, -0.05) is 6.92 Å². The van der Waals surface area contributed by atoms with Crippen LogP contribution in [0.3, 0.4) is 0 Å². The summed E-state index contributed by atoms with van der Waals surface area (Å²) in [5.74, 6) is -0.245. The molecule has 100 valence electrons. The number of carbonyl (C=O) groups is 1. The second kappa shape index (κ2) is 5.67. The minimum atomic E-state index is -0.149. The number of carbonyl (C=O) groups excluding carboxylic acids is 1. The number of rotatable bonds is 6. The lowest BCUT2D eigenvalue weighted by molar-refractivity contribution is -0.145. The van der Waals surface area contributed by atoms with Gasteiger partial charge in [0.2, 0.25) is 0 Å². The van der Waals surface area contributed by atoms with E-state index in [4.69, 9.17) is 10.5 Å². The number of thiazole rings is 1. The molecule has 5 nitrogen and oxygen atoms in total. The van der Waals surface area contributed by atoms with Crippen molar-refractivity contribution in [2.24, 2.45) is 5.92 Å². The molecule has 0 saturated heterocycles. The summed E-state index contributed by atoms with van der Waals surface area (Å²) in [5.41, 5.74) is 5.63. The Hall–Kier alpha value is -1.14. The predicted octanol–water partition coefficient (Wildman–Crippen LogP) is 1.50. The number of nitrogens with zero attached hydrogens (tertiary/aromatic N) is 2. The average Bonchev–Trinajstić information content (AvgIpc) is 3.12. The number of hydrogen-bond donors (Lipinski definition) is 1. The summed E-state index contributed by atoms with van der Waals surface area (Å²) < 4.78 is 4.77. The van der Waals surface area contributed by atoms with Crippen LogP contribution in [0.4, 0.5) is 5.13 Å². The number of nitrogens with two attached hydrogens (primary N) is 1. The average molecular weight is 269 g/mol. The van der Waals surface area contributed by atoms with Crippen molar-refractivity contribution in [2.45, 2.75) is 32.4 Å². The number of ether oxygens (including phenoxy) is 1. The highest BCUT2D eigenvalue weighted by atomic mass is 32.1. The summed E-state index contributed by atoms with van der Waals surface area (Å²) in [6.45, 7) is 3.46. The highest BCUT2D eigenvalue weighted by molar-refractivity contribution is 7.15. The Morgan fingerprint density at radius 3 is 2.94 bits per heavy atom. The van der Waals surface area contributed by atoms with E-state index >= 15 is 0 Å². The first-order valence-corrected chi connectivity index (χ1v) is 6.94. The number of aromatic nitrogens is 1. The lowest BCUT2D eigenvalue weighted by atomic mass is 10.1. The Labute approximate surface area is 111 Å². The molecule has 1 unspecified atom stereocenters. The molecular formula is C12H19N3O2S. The molecule has 0 aliphatic heterocycles. The second-order valence-corrected chi connectivity index (χ2v) is 5.90.